The Hall–Kier alpha value is -3.32. The van der Waals surface area contributed by atoms with Gasteiger partial charge < -0.3 is 24.2 Å². The zero-order valence-corrected chi connectivity index (χ0v) is 24.2. The third-order valence-corrected chi connectivity index (χ3v) is 9.84. The summed E-state index contributed by atoms with van der Waals surface area (Å²) < 4.78 is 45.7. The van der Waals surface area contributed by atoms with Gasteiger partial charge in [-0.05, 0) is 61.3 Å². The van der Waals surface area contributed by atoms with Gasteiger partial charge in [0.15, 0.2) is 11.5 Å². The van der Waals surface area contributed by atoms with Gasteiger partial charge in [-0.3, -0.25) is 14.4 Å². The number of hydrogen-bond donors (Lipinski definition) is 2. The number of aliphatic hydroxyl groups is 1. The number of hydrogen-bond acceptors (Lipinski definition) is 9. The number of nitrogens with zero attached hydrogens (tertiary/aromatic N) is 2. The predicted molar refractivity (Wildman–Crippen MR) is 152 cm³/mol. The number of rotatable bonds is 9. The van der Waals surface area contributed by atoms with Gasteiger partial charge in [0.05, 0.1) is 18.2 Å². The monoisotopic (exact) mass is 587 g/mol. The third-order valence-electron chi connectivity index (χ3n) is 7.06. The molecule has 0 saturated carbocycles. The molecular formula is C28H33N3O7S2. The second-order valence-electron chi connectivity index (χ2n) is 10.3. The van der Waals surface area contributed by atoms with E-state index in [9.17, 15) is 18.3 Å². The number of thiophene rings is 1. The number of fused-ring (bicyclic) bond motifs is 2. The maximum atomic E-state index is 13.7. The first-order valence-corrected chi connectivity index (χ1v) is 15.4. The van der Waals surface area contributed by atoms with E-state index in [4.69, 9.17) is 14.2 Å². The Morgan fingerprint density at radius 1 is 1.15 bits per heavy atom. The van der Waals surface area contributed by atoms with Crippen LogP contribution >= 0.6 is 11.3 Å². The molecular weight excluding hydrogens is 554 g/mol. The summed E-state index contributed by atoms with van der Waals surface area (Å²) in [5.41, 5.74) is 1.56. The lowest BCUT2D eigenvalue weighted by Crippen LogP contribution is -2.49. The van der Waals surface area contributed by atoms with Crippen LogP contribution in [0.25, 0.3) is 0 Å². The zero-order valence-electron chi connectivity index (χ0n) is 22.6. The van der Waals surface area contributed by atoms with Gasteiger partial charge in [-0.15, -0.1) is 11.3 Å². The van der Waals surface area contributed by atoms with Gasteiger partial charge in [0, 0.05) is 31.2 Å². The number of ether oxygens (including phenoxy) is 3. The lowest BCUT2D eigenvalue weighted by Gasteiger charge is -2.38. The van der Waals surface area contributed by atoms with E-state index in [2.05, 4.69) is 9.62 Å². The van der Waals surface area contributed by atoms with Crippen molar-refractivity contribution < 1.29 is 32.5 Å². The summed E-state index contributed by atoms with van der Waals surface area (Å²) in [6.07, 6.45) is -0.284. The molecule has 2 aliphatic heterocycles. The fourth-order valence-electron chi connectivity index (χ4n) is 4.85. The fraction of sp³-hybridized carbons (Fsp3) is 0.393. The number of carbonyl (C=O) groups is 1. The molecule has 10 nitrogen and oxygen atoms in total. The minimum absolute atomic E-state index is 0.0534. The molecule has 2 aliphatic rings. The van der Waals surface area contributed by atoms with Crippen molar-refractivity contribution in [3.05, 3.63) is 65.0 Å². The third kappa shape index (κ3) is 6.04. The normalized spacial score (nSPS) is 19.5. The summed E-state index contributed by atoms with van der Waals surface area (Å²) in [7, 11) is -1.79. The molecule has 0 fully saturated rings. The SMILES string of the molecule is C[C@@H]1CN([C@H](C)CO)C(=O)c2cc(NS(=O)(=O)c3cccs3)ccc2O[C@@H]1CN(C)Cc1ccc2c(c1)OCO2. The molecule has 3 atom stereocenters. The standard InChI is InChI=1S/C28H33N3O7S2/c1-18-13-31(19(2)16-32)28(33)22-12-21(29-40(34,35)27-5-4-10-39-27)7-9-23(22)38-26(18)15-30(3)14-20-6-8-24-25(11-20)37-17-36-24/h4-12,18-19,26,29,32H,13-17H2,1-3H3/t18-,19-,26-/m1/s1. The summed E-state index contributed by atoms with van der Waals surface area (Å²) in [4.78, 5) is 17.4. The van der Waals surface area contributed by atoms with Crippen LogP contribution in [0.1, 0.15) is 29.8 Å². The molecule has 2 N–H and O–H groups in total. The van der Waals surface area contributed by atoms with Crippen molar-refractivity contribution in [3.8, 4) is 17.2 Å². The molecule has 0 saturated heterocycles. The van der Waals surface area contributed by atoms with Gasteiger partial charge in [-0.1, -0.05) is 19.1 Å². The highest BCUT2D eigenvalue weighted by atomic mass is 32.2. The number of amides is 1. The maximum Gasteiger partial charge on any atom is 0.271 e. The van der Waals surface area contributed by atoms with E-state index in [1.165, 1.54) is 12.1 Å². The molecule has 0 bridgehead atoms. The molecule has 5 rings (SSSR count). The highest BCUT2D eigenvalue weighted by molar-refractivity contribution is 7.94. The summed E-state index contributed by atoms with van der Waals surface area (Å²) in [5.74, 6) is 1.45. The number of nitrogens with one attached hydrogen (secondary N) is 1. The van der Waals surface area contributed by atoms with Crippen molar-refractivity contribution >= 4 is 33.0 Å². The number of aliphatic hydroxyl groups excluding tert-OH is 1. The van der Waals surface area contributed by atoms with Crippen molar-refractivity contribution in [2.45, 2.75) is 36.7 Å². The van der Waals surface area contributed by atoms with Crippen LogP contribution in [0, 0.1) is 5.92 Å². The average molecular weight is 588 g/mol. The second-order valence-corrected chi connectivity index (χ2v) is 13.1. The van der Waals surface area contributed by atoms with Crippen molar-refractivity contribution in [1.82, 2.24) is 9.80 Å². The fourth-order valence-corrected chi connectivity index (χ4v) is 6.89. The highest BCUT2D eigenvalue weighted by Gasteiger charge is 2.34. The van der Waals surface area contributed by atoms with Crippen LogP contribution in [-0.4, -0.2) is 74.9 Å². The zero-order chi connectivity index (χ0) is 28.4. The van der Waals surface area contributed by atoms with Crippen LogP contribution in [0.3, 0.4) is 0 Å². The van der Waals surface area contributed by atoms with E-state index in [1.54, 1.807) is 35.4 Å². The molecule has 214 valence electrons. The van der Waals surface area contributed by atoms with Gasteiger partial charge >= 0.3 is 0 Å². The van der Waals surface area contributed by atoms with Crippen LogP contribution in [0.15, 0.2) is 58.1 Å². The van der Waals surface area contributed by atoms with Crippen molar-refractivity contribution in [1.29, 1.82) is 0 Å². The van der Waals surface area contributed by atoms with Gasteiger partial charge in [0.1, 0.15) is 16.1 Å². The Kier molecular flexibility index (Phi) is 8.22. The molecule has 0 unspecified atom stereocenters. The summed E-state index contributed by atoms with van der Waals surface area (Å²) in [6.45, 7) is 5.42. The largest absolute Gasteiger partial charge is 0.488 e. The topological polar surface area (TPSA) is 118 Å². The first kappa shape index (κ1) is 28.2. The Morgan fingerprint density at radius 2 is 1.93 bits per heavy atom. The summed E-state index contributed by atoms with van der Waals surface area (Å²) in [6, 6.07) is 13.4. The number of likely N-dealkylation sites (N-methyl/N-ethyl adjacent to an activating group) is 1. The van der Waals surface area contributed by atoms with E-state index in [0.29, 0.717) is 25.4 Å². The van der Waals surface area contributed by atoms with E-state index in [-0.39, 0.29) is 46.8 Å². The van der Waals surface area contributed by atoms with Crippen molar-refractivity contribution in [3.63, 3.8) is 0 Å². The molecule has 3 aromatic rings. The Balaban J connectivity index is 1.40. The van der Waals surface area contributed by atoms with Gasteiger partial charge in [0.25, 0.3) is 15.9 Å². The highest BCUT2D eigenvalue weighted by Crippen LogP contribution is 2.34. The number of carbonyl (C=O) groups excluding carboxylic acids is 1. The lowest BCUT2D eigenvalue weighted by atomic mass is 9.99. The summed E-state index contributed by atoms with van der Waals surface area (Å²) >= 11 is 1.11. The molecule has 40 heavy (non-hydrogen) atoms. The Labute approximate surface area is 238 Å². The molecule has 0 radical (unpaired) electrons. The Bertz CT molecular complexity index is 1460. The molecule has 2 aromatic carbocycles. The van der Waals surface area contributed by atoms with E-state index in [0.717, 1.165) is 28.4 Å². The van der Waals surface area contributed by atoms with Gasteiger partial charge in [-0.2, -0.15) is 0 Å². The number of benzene rings is 2. The van der Waals surface area contributed by atoms with Crippen LogP contribution in [0.5, 0.6) is 17.2 Å². The Morgan fingerprint density at radius 3 is 2.67 bits per heavy atom. The lowest BCUT2D eigenvalue weighted by molar-refractivity contribution is 0.0341. The van der Waals surface area contributed by atoms with Crippen LogP contribution < -0.4 is 18.9 Å². The van der Waals surface area contributed by atoms with Crippen LogP contribution in [-0.2, 0) is 16.6 Å². The van der Waals surface area contributed by atoms with Gasteiger partial charge in [-0.25, -0.2) is 8.42 Å². The first-order chi connectivity index (χ1) is 19.1. The van der Waals surface area contributed by atoms with Crippen LogP contribution in [0.4, 0.5) is 5.69 Å². The molecule has 0 aliphatic carbocycles. The minimum Gasteiger partial charge on any atom is -0.488 e. The van der Waals surface area contributed by atoms with Crippen LogP contribution in [0.2, 0.25) is 0 Å². The van der Waals surface area contributed by atoms with E-state index >= 15 is 0 Å². The molecule has 0 spiro atoms. The average Bonchev–Trinajstić information content (AvgIpc) is 3.63. The number of sulfonamides is 1. The van der Waals surface area contributed by atoms with Gasteiger partial charge in [0.2, 0.25) is 6.79 Å². The summed E-state index contributed by atoms with van der Waals surface area (Å²) in [5, 5.41) is 11.6. The molecule has 1 amide bonds. The molecule has 3 heterocycles. The maximum absolute atomic E-state index is 13.7. The smallest absolute Gasteiger partial charge is 0.271 e. The van der Waals surface area contributed by atoms with Crippen molar-refractivity contribution in [2.24, 2.45) is 5.92 Å². The molecule has 12 heteroatoms. The predicted octanol–water partition coefficient (Wildman–Crippen LogP) is 3.63. The van der Waals surface area contributed by atoms with E-state index < -0.39 is 16.1 Å². The van der Waals surface area contributed by atoms with E-state index in [1.807, 2.05) is 32.2 Å². The minimum atomic E-state index is -3.79. The van der Waals surface area contributed by atoms with Crippen molar-refractivity contribution in [2.75, 3.05) is 38.3 Å². The number of anilines is 1. The first-order valence-electron chi connectivity index (χ1n) is 13.0. The second kappa shape index (κ2) is 11.7. The quantitative estimate of drug-likeness (QED) is 0.390. The molecule has 1 aromatic heterocycles.